The second-order valence-corrected chi connectivity index (χ2v) is 3.61. The quantitative estimate of drug-likeness (QED) is 0.595. The molecule has 0 saturated carbocycles. The van der Waals surface area contributed by atoms with Crippen molar-refractivity contribution in [3.63, 3.8) is 0 Å². The number of ether oxygens (including phenoxy) is 1. The van der Waals surface area contributed by atoms with E-state index in [1.807, 2.05) is 30.3 Å². The van der Waals surface area contributed by atoms with Crippen LogP contribution in [0.25, 0.3) is 0 Å². The van der Waals surface area contributed by atoms with Crippen LogP contribution in [-0.2, 0) is 16.1 Å². The Bertz CT molecular complexity index is 381. The Balaban J connectivity index is 2.02. The van der Waals surface area contributed by atoms with E-state index in [2.05, 4.69) is 10.6 Å². The molecule has 98 valence electrons. The molecule has 0 bridgehead atoms. The van der Waals surface area contributed by atoms with Crippen molar-refractivity contribution in [3.05, 3.63) is 35.9 Å². The van der Waals surface area contributed by atoms with E-state index in [9.17, 15) is 9.59 Å². The van der Waals surface area contributed by atoms with Crippen LogP contribution >= 0.6 is 0 Å². The van der Waals surface area contributed by atoms with E-state index in [1.165, 1.54) is 0 Å². The van der Waals surface area contributed by atoms with Crippen LogP contribution in [0.15, 0.2) is 30.3 Å². The smallest absolute Gasteiger partial charge is 0.315 e. The maximum absolute atomic E-state index is 11.1. The molecule has 1 aromatic rings. The number of carbonyl (C=O) groups is 2. The van der Waals surface area contributed by atoms with Gasteiger partial charge in [-0.05, 0) is 5.56 Å². The minimum Gasteiger partial charge on any atom is -0.375 e. The van der Waals surface area contributed by atoms with Gasteiger partial charge in [-0.3, -0.25) is 4.79 Å². The van der Waals surface area contributed by atoms with E-state index in [-0.39, 0.29) is 6.54 Å². The monoisotopic (exact) mass is 251 g/mol. The van der Waals surface area contributed by atoms with Crippen LogP contribution in [0.3, 0.4) is 0 Å². The fraction of sp³-hybridized carbons (Fsp3) is 0.333. The van der Waals surface area contributed by atoms with Crippen molar-refractivity contribution in [1.82, 2.24) is 10.6 Å². The number of hydrogen-bond donors (Lipinski definition) is 3. The fourth-order valence-corrected chi connectivity index (χ4v) is 1.23. The average molecular weight is 251 g/mol. The summed E-state index contributed by atoms with van der Waals surface area (Å²) in [6.07, 6.45) is 0. The molecule has 6 nitrogen and oxygen atoms in total. The Kier molecular flexibility index (Phi) is 6.27. The lowest BCUT2D eigenvalue weighted by Gasteiger charge is -2.07. The van der Waals surface area contributed by atoms with Gasteiger partial charge in [-0.25, -0.2) is 4.79 Å². The van der Waals surface area contributed by atoms with Crippen LogP contribution in [-0.4, -0.2) is 31.6 Å². The van der Waals surface area contributed by atoms with Crippen molar-refractivity contribution in [2.45, 2.75) is 6.61 Å². The molecule has 0 spiro atoms. The van der Waals surface area contributed by atoms with Crippen LogP contribution in [0.4, 0.5) is 4.79 Å². The van der Waals surface area contributed by atoms with Crippen LogP contribution in [0.1, 0.15) is 5.56 Å². The van der Waals surface area contributed by atoms with Crippen LogP contribution in [0.2, 0.25) is 0 Å². The van der Waals surface area contributed by atoms with Crippen molar-refractivity contribution in [2.75, 3.05) is 19.7 Å². The number of carbonyl (C=O) groups excluding carboxylic acids is 2. The first-order valence-electron chi connectivity index (χ1n) is 5.60. The van der Waals surface area contributed by atoms with Crippen molar-refractivity contribution >= 4 is 11.9 Å². The Morgan fingerprint density at radius 1 is 1.17 bits per heavy atom. The van der Waals surface area contributed by atoms with Gasteiger partial charge in [0.25, 0.3) is 0 Å². The molecule has 0 aliphatic rings. The van der Waals surface area contributed by atoms with Gasteiger partial charge in [0.2, 0.25) is 5.91 Å². The molecule has 6 heteroatoms. The maximum atomic E-state index is 11.1. The number of primary amides is 1. The third-order valence-electron chi connectivity index (χ3n) is 2.07. The molecule has 1 rings (SSSR count). The molecule has 0 fully saturated rings. The Morgan fingerprint density at radius 3 is 2.56 bits per heavy atom. The highest BCUT2D eigenvalue weighted by molar-refractivity contribution is 5.82. The van der Waals surface area contributed by atoms with Crippen molar-refractivity contribution < 1.29 is 14.3 Å². The minimum atomic E-state index is -0.578. The highest BCUT2D eigenvalue weighted by Gasteiger charge is 2.00. The lowest BCUT2D eigenvalue weighted by molar-refractivity contribution is -0.117. The van der Waals surface area contributed by atoms with Gasteiger partial charge in [0.1, 0.15) is 0 Å². The van der Waals surface area contributed by atoms with E-state index in [0.29, 0.717) is 19.8 Å². The van der Waals surface area contributed by atoms with Crippen molar-refractivity contribution in [1.29, 1.82) is 0 Å². The maximum Gasteiger partial charge on any atom is 0.315 e. The van der Waals surface area contributed by atoms with Gasteiger partial charge in [-0.15, -0.1) is 0 Å². The SMILES string of the molecule is NC(=O)CNC(=O)NCCOCc1ccccc1. The first kappa shape index (κ1) is 14.0. The molecule has 0 atom stereocenters. The predicted octanol–water partition coefficient (Wildman–Crippen LogP) is -0.0123. The zero-order valence-electron chi connectivity index (χ0n) is 10.0. The third-order valence-corrected chi connectivity index (χ3v) is 2.07. The summed E-state index contributed by atoms with van der Waals surface area (Å²) in [6.45, 7) is 1.11. The van der Waals surface area contributed by atoms with Crippen LogP contribution in [0, 0.1) is 0 Å². The Labute approximate surface area is 105 Å². The number of benzene rings is 1. The van der Waals surface area contributed by atoms with Gasteiger partial charge >= 0.3 is 6.03 Å². The van der Waals surface area contributed by atoms with Gasteiger partial charge in [0.15, 0.2) is 0 Å². The Morgan fingerprint density at radius 2 is 1.89 bits per heavy atom. The molecule has 0 aliphatic heterocycles. The third kappa shape index (κ3) is 6.49. The molecular weight excluding hydrogens is 234 g/mol. The molecule has 0 aromatic heterocycles. The number of rotatable bonds is 7. The number of hydrogen-bond acceptors (Lipinski definition) is 3. The molecule has 0 radical (unpaired) electrons. The normalized spacial score (nSPS) is 9.78. The fourth-order valence-electron chi connectivity index (χ4n) is 1.23. The van der Waals surface area contributed by atoms with E-state index >= 15 is 0 Å². The molecule has 0 unspecified atom stereocenters. The van der Waals surface area contributed by atoms with Gasteiger partial charge in [-0.2, -0.15) is 0 Å². The van der Waals surface area contributed by atoms with E-state index in [4.69, 9.17) is 10.5 Å². The number of urea groups is 1. The molecule has 4 N–H and O–H groups in total. The topological polar surface area (TPSA) is 93.5 Å². The summed E-state index contributed by atoms with van der Waals surface area (Å²) >= 11 is 0. The van der Waals surface area contributed by atoms with E-state index in [1.54, 1.807) is 0 Å². The van der Waals surface area contributed by atoms with E-state index in [0.717, 1.165) is 5.56 Å². The summed E-state index contributed by atoms with van der Waals surface area (Å²) in [4.78, 5) is 21.5. The van der Waals surface area contributed by atoms with Gasteiger partial charge in [0, 0.05) is 6.54 Å². The van der Waals surface area contributed by atoms with Crippen LogP contribution < -0.4 is 16.4 Å². The molecule has 3 amide bonds. The minimum absolute atomic E-state index is 0.170. The first-order chi connectivity index (χ1) is 8.68. The molecule has 1 aromatic carbocycles. The van der Waals surface area contributed by atoms with Gasteiger partial charge < -0.3 is 21.1 Å². The zero-order chi connectivity index (χ0) is 13.2. The molecule has 0 aliphatic carbocycles. The van der Waals surface area contributed by atoms with E-state index < -0.39 is 11.9 Å². The summed E-state index contributed by atoms with van der Waals surface area (Å²) in [5, 5.41) is 4.85. The molecular formula is C12H17N3O3. The predicted molar refractivity (Wildman–Crippen MR) is 66.7 cm³/mol. The molecule has 0 heterocycles. The summed E-state index contributed by atoms with van der Waals surface area (Å²) < 4.78 is 5.36. The summed E-state index contributed by atoms with van der Waals surface area (Å²) in [5.74, 6) is -0.578. The largest absolute Gasteiger partial charge is 0.375 e. The standard InChI is InChI=1S/C12H17N3O3/c13-11(16)8-15-12(17)14-6-7-18-9-10-4-2-1-3-5-10/h1-5H,6-9H2,(H2,13,16)(H2,14,15,17). The lowest BCUT2D eigenvalue weighted by Crippen LogP contribution is -2.41. The lowest BCUT2D eigenvalue weighted by atomic mass is 10.2. The number of nitrogens with one attached hydrogen (secondary N) is 2. The summed E-state index contributed by atoms with van der Waals surface area (Å²) in [5.41, 5.74) is 5.95. The summed E-state index contributed by atoms with van der Waals surface area (Å²) in [7, 11) is 0. The average Bonchev–Trinajstić information content (AvgIpc) is 2.37. The zero-order valence-corrected chi connectivity index (χ0v) is 10.0. The Hall–Kier alpha value is -2.08. The van der Waals surface area contributed by atoms with Gasteiger partial charge in [0.05, 0.1) is 19.8 Å². The first-order valence-corrected chi connectivity index (χ1v) is 5.60. The highest BCUT2D eigenvalue weighted by Crippen LogP contribution is 1.99. The van der Waals surface area contributed by atoms with Gasteiger partial charge in [-0.1, -0.05) is 30.3 Å². The number of nitrogens with two attached hydrogens (primary N) is 1. The van der Waals surface area contributed by atoms with Crippen LogP contribution in [0.5, 0.6) is 0 Å². The number of amides is 3. The van der Waals surface area contributed by atoms with Crippen molar-refractivity contribution in [3.8, 4) is 0 Å². The molecule has 0 saturated heterocycles. The highest BCUT2D eigenvalue weighted by atomic mass is 16.5. The summed E-state index contributed by atoms with van der Waals surface area (Å²) in [6, 6.07) is 9.31. The van der Waals surface area contributed by atoms with Crippen molar-refractivity contribution in [2.24, 2.45) is 5.73 Å². The second kappa shape index (κ2) is 8.08. The second-order valence-electron chi connectivity index (χ2n) is 3.61. The molecule has 18 heavy (non-hydrogen) atoms.